The van der Waals surface area contributed by atoms with Crippen LogP contribution < -0.4 is 14.8 Å². The quantitative estimate of drug-likeness (QED) is 0.254. The molecule has 0 saturated carbocycles. The van der Waals surface area contributed by atoms with Crippen molar-refractivity contribution in [2.24, 2.45) is 0 Å². The number of alkyl halides is 3. The molecule has 4 N–H and O–H groups in total. The van der Waals surface area contributed by atoms with Crippen LogP contribution in [0.2, 0.25) is 10.0 Å². The lowest BCUT2D eigenvalue weighted by Crippen LogP contribution is -2.57. The minimum atomic E-state index is -4.86. The van der Waals surface area contributed by atoms with Crippen LogP contribution in [-0.2, 0) is 9.92 Å². The van der Waals surface area contributed by atoms with Crippen LogP contribution in [0.25, 0.3) is 21.8 Å². The van der Waals surface area contributed by atoms with Crippen molar-refractivity contribution in [2.45, 2.75) is 29.4 Å². The second kappa shape index (κ2) is 9.64. The topological polar surface area (TPSA) is 99.4 Å². The predicted octanol–water partition coefficient (Wildman–Crippen LogP) is 5.48. The lowest BCUT2D eigenvalue weighted by atomic mass is 9.99. The zero-order valence-corrected chi connectivity index (χ0v) is 21.3. The van der Waals surface area contributed by atoms with Gasteiger partial charge in [0.05, 0.1) is 23.1 Å². The van der Waals surface area contributed by atoms with Gasteiger partial charge in [-0.05, 0) is 60.7 Å². The van der Waals surface area contributed by atoms with Gasteiger partial charge in [0.2, 0.25) is 0 Å². The number of halogens is 5. The van der Waals surface area contributed by atoms with Crippen molar-refractivity contribution in [3.63, 3.8) is 0 Å². The van der Waals surface area contributed by atoms with Crippen molar-refractivity contribution in [2.75, 3.05) is 13.1 Å². The third-order valence-corrected chi connectivity index (χ3v) is 8.33. The highest BCUT2D eigenvalue weighted by molar-refractivity contribution is 7.90. The maximum atomic E-state index is 13.2. The fourth-order valence-electron chi connectivity index (χ4n) is 4.72. The number of aliphatic hydroxyl groups excluding tert-OH is 1. The van der Waals surface area contributed by atoms with Crippen LogP contribution in [0.5, 0.6) is 5.75 Å². The minimum absolute atomic E-state index is 0.0440. The van der Waals surface area contributed by atoms with E-state index in [0.717, 1.165) is 46.1 Å². The molecule has 196 valence electrons. The summed E-state index contributed by atoms with van der Waals surface area (Å²) < 4.78 is 67.4. The summed E-state index contributed by atoms with van der Waals surface area (Å²) >= 11 is 12.5. The molecule has 1 aliphatic rings. The van der Waals surface area contributed by atoms with Crippen LogP contribution in [0.15, 0.2) is 65.6 Å². The summed E-state index contributed by atoms with van der Waals surface area (Å²) in [5.41, 5.74) is 1.64. The second-order valence-corrected chi connectivity index (χ2v) is 11.4. The van der Waals surface area contributed by atoms with Gasteiger partial charge in [-0.2, -0.15) is 0 Å². The second-order valence-electron chi connectivity index (χ2n) is 8.71. The number of hydrogen-bond acceptors (Lipinski definition) is 5. The van der Waals surface area contributed by atoms with Crippen LogP contribution in [0.4, 0.5) is 13.2 Å². The summed E-state index contributed by atoms with van der Waals surface area (Å²) in [5.74, 6) is -0.488. The van der Waals surface area contributed by atoms with E-state index in [2.05, 4.69) is 14.8 Å². The number of fused-ring (bicyclic) bond motifs is 3. The predicted molar refractivity (Wildman–Crippen MR) is 137 cm³/mol. The Hall–Kier alpha value is -2.54. The number of aliphatic hydroxyl groups is 1. The maximum absolute atomic E-state index is 13.2. The molecule has 37 heavy (non-hydrogen) atoms. The first-order valence-corrected chi connectivity index (χ1v) is 13.4. The van der Waals surface area contributed by atoms with Crippen molar-refractivity contribution in [1.29, 1.82) is 4.78 Å². The van der Waals surface area contributed by atoms with Gasteiger partial charge in [0.25, 0.3) is 0 Å². The summed E-state index contributed by atoms with van der Waals surface area (Å²) in [6.07, 6.45) is -5.93. The smallest absolute Gasteiger partial charge is 0.406 e. The molecule has 1 aromatic heterocycles. The lowest BCUT2D eigenvalue weighted by Gasteiger charge is -2.37. The van der Waals surface area contributed by atoms with Crippen LogP contribution in [0, 0.1) is 4.78 Å². The molecule has 5 rings (SSSR count). The van der Waals surface area contributed by atoms with E-state index in [0.29, 0.717) is 16.6 Å². The summed E-state index contributed by atoms with van der Waals surface area (Å²) in [5, 5.41) is 17.4. The lowest BCUT2D eigenvalue weighted by molar-refractivity contribution is -0.274. The average molecular weight is 573 g/mol. The summed E-state index contributed by atoms with van der Waals surface area (Å²) in [7, 11) is -3.67. The highest BCUT2D eigenvalue weighted by Gasteiger charge is 2.36. The molecule has 4 aromatic rings. The third-order valence-electron chi connectivity index (χ3n) is 6.29. The van der Waals surface area contributed by atoms with E-state index in [1.165, 1.54) is 0 Å². The molecule has 13 heteroatoms. The Kier molecular flexibility index (Phi) is 6.80. The Morgan fingerprint density at radius 3 is 2.11 bits per heavy atom. The van der Waals surface area contributed by atoms with E-state index < -0.39 is 40.2 Å². The third kappa shape index (κ3) is 5.25. The van der Waals surface area contributed by atoms with Crippen LogP contribution in [-0.4, -0.2) is 45.5 Å². The van der Waals surface area contributed by atoms with Gasteiger partial charge in [-0.25, -0.2) is 13.7 Å². The molecule has 1 fully saturated rings. The first kappa shape index (κ1) is 26.1. The standard InChI is InChI=1S/C24H21Cl2F3N4O3S/c25-13-1-7-20-17(9-13)18-10-14(26)2-8-21(18)33(20)22-12-31-11-19(23(22)34)32-37(30,35)16-5-3-15(4-6-16)36-24(27,28)29/h1-10,19,22-23,31,34H,11-12H2,(H2,30,32,35). The number of rotatable bonds is 5. The Morgan fingerprint density at radius 1 is 1.00 bits per heavy atom. The van der Waals surface area contributed by atoms with Gasteiger partial charge >= 0.3 is 6.36 Å². The number of benzene rings is 3. The van der Waals surface area contributed by atoms with Gasteiger partial charge in [0.15, 0.2) is 0 Å². The van der Waals surface area contributed by atoms with Gasteiger partial charge in [-0.3, -0.25) is 0 Å². The molecule has 1 saturated heterocycles. The normalized spacial score (nSPS) is 22.3. The first-order chi connectivity index (χ1) is 17.4. The monoisotopic (exact) mass is 572 g/mol. The van der Waals surface area contributed by atoms with E-state index in [1.54, 1.807) is 12.1 Å². The summed E-state index contributed by atoms with van der Waals surface area (Å²) in [6.45, 7) is 0.615. The molecule has 4 atom stereocenters. The van der Waals surface area contributed by atoms with Gasteiger partial charge in [-0.1, -0.05) is 23.2 Å². The Morgan fingerprint density at radius 2 is 1.57 bits per heavy atom. The van der Waals surface area contributed by atoms with Gasteiger partial charge in [0, 0.05) is 44.9 Å². The van der Waals surface area contributed by atoms with Crippen molar-refractivity contribution in [1.82, 2.24) is 14.6 Å². The molecule has 0 aliphatic carbocycles. The average Bonchev–Trinajstić information content (AvgIpc) is 3.12. The van der Waals surface area contributed by atoms with Crippen LogP contribution in [0.1, 0.15) is 6.04 Å². The molecule has 0 amide bonds. The van der Waals surface area contributed by atoms with E-state index in [4.69, 9.17) is 28.0 Å². The van der Waals surface area contributed by atoms with Gasteiger partial charge in [-0.15, -0.1) is 13.2 Å². The van der Waals surface area contributed by atoms with E-state index in [1.807, 2.05) is 28.8 Å². The number of nitrogens with zero attached hydrogens (tertiary/aromatic N) is 1. The van der Waals surface area contributed by atoms with E-state index in [9.17, 15) is 22.5 Å². The molecular weight excluding hydrogens is 552 g/mol. The van der Waals surface area contributed by atoms with Crippen LogP contribution in [0.3, 0.4) is 0 Å². The molecule has 0 bridgehead atoms. The first-order valence-electron chi connectivity index (χ1n) is 11.1. The molecule has 1 aliphatic heterocycles. The Balaban J connectivity index is 1.45. The fraction of sp³-hybridized carbons (Fsp3) is 0.250. The number of piperidine rings is 1. The van der Waals surface area contributed by atoms with Crippen molar-refractivity contribution in [3.8, 4) is 5.75 Å². The summed E-state index contributed by atoms with van der Waals surface area (Å²) in [6, 6.07) is 13.8. The minimum Gasteiger partial charge on any atom is -0.406 e. The Labute approximate surface area is 220 Å². The molecule has 0 radical (unpaired) electrons. The van der Waals surface area contributed by atoms with Gasteiger partial charge in [0.1, 0.15) is 15.7 Å². The zero-order valence-electron chi connectivity index (χ0n) is 18.9. The SMILES string of the molecule is N=S(=O)(NC1CNCC(n2c3ccc(Cl)cc3c3cc(Cl)ccc32)C1O)c1ccc(OC(F)(F)F)cc1. The number of aromatic nitrogens is 1. The van der Waals surface area contributed by atoms with Crippen molar-refractivity contribution < 1.29 is 27.2 Å². The fourth-order valence-corrected chi connectivity index (χ4v) is 6.37. The number of nitrogens with one attached hydrogen (secondary N) is 3. The maximum Gasteiger partial charge on any atom is 0.573 e. The number of hydrogen-bond donors (Lipinski definition) is 4. The van der Waals surface area contributed by atoms with E-state index >= 15 is 0 Å². The van der Waals surface area contributed by atoms with Gasteiger partial charge < -0.3 is 19.7 Å². The highest BCUT2D eigenvalue weighted by atomic mass is 35.5. The molecule has 2 heterocycles. The summed E-state index contributed by atoms with van der Waals surface area (Å²) in [4.78, 5) is -0.0440. The highest BCUT2D eigenvalue weighted by Crippen LogP contribution is 2.37. The largest absolute Gasteiger partial charge is 0.573 e. The molecule has 4 unspecified atom stereocenters. The molecule has 3 aromatic carbocycles. The van der Waals surface area contributed by atoms with Crippen molar-refractivity contribution >= 4 is 54.9 Å². The molecule has 0 spiro atoms. The van der Waals surface area contributed by atoms with Crippen molar-refractivity contribution in [3.05, 3.63) is 70.7 Å². The Bertz CT molecular complexity index is 1520. The van der Waals surface area contributed by atoms with E-state index in [-0.39, 0.29) is 11.4 Å². The number of ether oxygens (including phenoxy) is 1. The molecular formula is C24H21Cl2F3N4O3S. The molecule has 7 nitrogen and oxygen atoms in total. The zero-order chi connectivity index (χ0) is 26.5. The van der Waals surface area contributed by atoms with Crippen LogP contribution >= 0.6 is 23.2 Å².